The van der Waals surface area contributed by atoms with Gasteiger partial charge in [-0.05, 0) is 42.8 Å². The Balaban J connectivity index is 1.54. The van der Waals surface area contributed by atoms with E-state index in [1.165, 1.54) is 23.9 Å². The van der Waals surface area contributed by atoms with Crippen LogP contribution >= 0.6 is 11.8 Å². The molecule has 1 amide bonds. The van der Waals surface area contributed by atoms with Gasteiger partial charge in [0.15, 0.2) is 5.16 Å². The summed E-state index contributed by atoms with van der Waals surface area (Å²) < 4.78 is 30.8. The SMILES string of the molecule is CCn1c(SCC(=O)N(Cc2ccccc2)Cc2ccco2)nc2cc(S(N)(=O)=O)ccc21. The van der Waals surface area contributed by atoms with Crippen molar-refractivity contribution in [2.24, 2.45) is 5.14 Å². The number of fused-ring (bicyclic) bond motifs is 1. The number of hydrogen-bond acceptors (Lipinski definition) is 6. The van der Waals surface area contributed by atoms with E-state index in [9.17, 15) is 13.2 Å². The number of aromatic nitrogens is 2. The fourth-order valence-electron chi connectivity index (χ4n) is 3.52. The molecule has 33 heavy (non-hydrogen) atoms. The van der Waals surface area contributed by atoms with Crippen molar-refractivity contribution in [3.05, 3.63) is 78.3 Å². The van der Waals surface area contributed by atoms with Crippen LogP contribution in [0.4, 0.5) is 0 Å². The number of primary sulfonamides is 1. The minimum Gasteiger partial charge on any atom is -0.467 e. The molecule has 0 aliphatic heterocycles. The molecular formula is C23H24N4O4S2. The standard InChI is InChI=1S/C23H24N4O4S2/c1-2-27-21-11-10-19(33(24,29)30)13-20(21)25-23(27)32-16-22(28)26(15-18-9-6-12-31-18)14-17-7-4-3-5-8-17/h3-13H,2,14-16H2,1H3,(H2,24,29,30). The molecule has 0 radical (unpaired) electrons. The zero-order valence-corrected chi connectivity index (χ0v) is 19.7. The molecule has 4 aromatic rings. The van der Waals surface area contributed by atoms with E-state index in [1.54, 1.807) is 23.3 Å². The van der Waals surface area contributed by atoms with Gasteiger partial charge >= 0.3 is 0 Å². The molecule has 0 unspecified atom stereocenters. The number of hydrogen-bond donors (Lipinski definition) is 1. The lowest BCUT2D eigenvalue weighted by molar-refractivity contribution is -0.129. The van der Waals surface area contributed by atoms with E-state index in [0.717, 1.165) is 11.1 Å². The Labute approximate surface area is 196 Å². The zero-order chi connectivity index (χ0) is 23.4. The fourth-order valence-corrected chi connectivity index (χ4v) is 5.04. The number of nitrogens with two attached hydrogens (primary N) is 1. The molecule has 2 aromatic heterocycles. The highest BCUT2D eigenvalue weighted by Crippen LogP contribution is 2.26. The van der Waals surface area contributed by atoms with E-state index in [0.29, 0.717) is 36.1 Å². The number of sulfonamides is 1. The van der Waals surface area contributed by atoms with E-state index < -0.39 is 10.0 Å². The first-order chi connectivity index (χ1) is 15.8. The maximum atomic E-state index is 13.2. The summed E-state index contributed by atoms with van der Waals surface area (Å²) in [7, 11) is -3.82. The maximum Gasteiger partial charge on any atom is 0.238 e. The van der Waals surface area contributed by atoms with Crippen LogP contribution in [0.15, 0.2) is 81.4 Å². The summed E-state index contributed by atoms with van der Waals surface area (Å²) >= 11 is 1.32. The Morgan fingerprint density at radius 3 is 2.58 bits per heavy atom. The largest absolute Gasteiger partial charge is 0.467 e. The summed E-state index contributed by atoms with van der Waals surface area (Å²) in [5, 5.41) is 5.89. The molecule has 0 saturated carbocycles. The number of amides is 1. The monoisotopic (exact) mass is 484 g/mol. The van der Waals surface area contributed by atoms with Gasteiger partial charge in [-0.25, -0.2) is 18.5 Å². The lowest BCUT2D eigenvalue weighted by Gasteiger charge is -2.22. The molecule has 0 bridgehead atoms. The number of nitrogens with zero attached hydrogens (tertiary/aromatic N) is 3. The van der Waals surface area contributed by atoms with Gasteiger partial charge in [-0.1, -0.05) is 42.1 Å². The number of carbonyl (C=O) groups is 1. The zero-order valence-electron chi connectivity index (χ0n) is 18.0. The van der Waals surface area contributed by atoms with Gasteiger partial charge in [-0.2, -0.15) is 0 Å². The van der Waals surface area contributed by atoms with Crippen LogP contribution in [0.5, 0.6) is 0 Å². The molecule has 0 spiro atoms. The average Bonchev–Trinajstić information content (AvgIpc) is 3.43. The topological polar surface area (TPSA) is 111 Å². The van der Waals surface area contributed by atoms with E-state index in [2.05, 4.69) is 4.98 Å². The second-order valence-corrected chi connectivity index (χ2v) is 9.94. The lowest BCUT2D eigenvalue weighted by atomic mass is 10.2. The number of aryl methyl sites for hydroxylation is 1. The number of carbonyl (C=O) groups excluding carboxylic acids is 1. The first kappa shape index (κ1) is 23.1. The first-order valence-electron chi connectivity index (χ1n) is 10.3. The quantitative estimate of drug-likeness (QED) is 0.363. The number of benzene rings is 2. The Hall–Kier alpha value is -3.08. The van der Waals surface area contributed by atoms with Gasteiger partial charge in [0, 0.05) is 13.1 Å². The summed E-state index contributed by atoms with van der Waals surface area (Å²) in [6.45, 7) is 3.42. The number of furan rings is 1. The van der Waals surface area contributed by atoms with E-state index >= 15 is 0 Å². The van der Waals surface area contributed by atoms with Gasteiger partial charge in [0.05, 0.1) is 34.5 Å². The van der Waals surface area contributed by atoms with E-state index in [-0.39, 0.29) is 16.6 Å². The molecule has 0 saturated heterocycles. The van der Waals surface area contributed by atoms with Gasteiger partial charge in [0.2, 0.25) is 15.9 Å². The second kappa shape index (κ2) is 9.82. The smallest absolute Gasteiger partial charge is 0.238 e. The van der Waals surface area contributed by atoms with Gasteiger partial charge < -0.3 is 13.9 Å². The number of thioether (sulfide) groups is 1. The van der Waals surface area contributed by atoms with Crippen LogP contribution in [-0.4, -0.2) is 34.5 Å². The van der Waals surface area contributed by atoms with Crippen LogP contribution in [0.3, 0.4) is 0 Å². The molecule has 0 aliphatic rings. The van der Waals surface area contributed by atoms with Crippen LogP contribution in [0, 0.1) is 0 Å². The number of rotatable bonds is 9. The van der Waals surface area contributed by atoms with Crippen molar-refractivity contribution in [3.63, 3.8) is 0 Å². The second-order valence-electron chi connectivity index (χ2n) is 7.44. The van der Waals surface area contributed by atoms with Crippen LogP contribution < -0.4 is 5.14 Å². The maximum absolute atomic E-state index is 13.2. The van der Waals surface area contributed by atoms with Crippen molar-refractivity contribution >= 4 is 38.7 Å². The van der Waals surface area contributed by atoms with Crippen molar-refractivity contribution in [1.29, 1.82) is 0 Å². The van der Waals surface area contributed by atoms with Crippen molar-refractivity contribution in [3.8, 4) is 0 Å². The third-order valence-corrected chi connectivity index (χ3v) is 7.02. The molecule has 10 heteroatoms. The fraction of sp³-hybridized carbons (Fsp3) is 0.217. The molecule has 8 nitrogen and oxygen atoms in total. The first-order valence-corrected chi connectivity index (χ1v) is 12.9. The van der Waals surface area contributed by atoms with Crippen LogP contribution in [0.1, 0.15) is 18.2 Å². The predicted molar refractivity (Wildman–Crippen MR) is 127 cm³/mol. The Kier molecular flexibility index (Phi) is 6.87. The highest BCUT2D eigenvalue weighted by Gasteiger charge is 2.19. The molecule has 0 aliphatic carbocycles. The summed E-state index contributed by atoms with van der Waals surface area (Å²) in [5.41, 5.74) is 2.34. The summed E-state index contributed by atoms with van der Waals surface area (Å²) in [6, 6.07) is 18.1. The van der Waals surface area contributed by atoms with Crippen LogP contribution in [0.2, 0.25) is 0 Å². The van der Waals surface area contributed by atoms with Crippen LogP contribution in [0.25, 0.3) is 11.0 Å². The highest BCUT2D eigenvalue weighted by atomic mass is 32.2. The molecular weight excluding hydrogens is 460 g/mol. The molecule has 0 fully saturated rings. The minimum atomic E-state index is -3.82. The normalized spacial score (nSPS) is 11.7. The lowest BCUT2D eigenvalue weighted by Crippen LogP contribution is -2.31. The molecule has 2 aromatic carbocycles. The highest BCUT2D eigenvalue weighted by molar-refractivity contribution is 7.99. The van der Waals surface area contributed by atoms with Crippen molar-refractivity contribution < 1.29 is 17.6 Å². The Morgan fingerprint density at radius 1 is 1.12 bits per heavy atom. The Bertz CT molecular complexity index is 1350. The van der Waals surface area contributed by atoms with Crippen molar-refractivity contribution in [2.45, 2.75) is 36.6 Å². The minimum absolute atomic E-state index is 0.0101. The average molecular weight is 485 g/mol. The molecule has 2 heterocycles. The Morgan fingerprint density at radius 2 is 1.91 bits per heavy atom. The molecule has 172 valence electrons. The molecule has 4 rings (SSSR count). The van der Waals surface area contributed by atoms with Gasteiger partial charge in [0.25, 0.3) is 0 Å². The third kappa shape index (κ3) is 5.47. The van der Waals surface area contributed by atoms with Gasteiger partial charge in [-0.15, -0.1) is 0 Å². The van der Waals surface area contributed by atoms with Gasteiger partial charge in [0.1, 0.15) is 5.76 Å². The van der Waals surface area contributed by atoms with E-state index in [1.807, 2.05) is 47.9 Å². The molecule has 2 N–H and O–H groups in total. The summed E-state index contributed by atoms with van der Waals surface area (Å²) in [4.78, 5) is 19.5. The number of imidazole rings is 1. The van der Waals surface area contributed by atoms with Crippen molar-refractivity contribution in [1.82, 2.24) is 14.5 Å². The summed E-state index contributed by atoms with van der Waals surface area (Å²) in [6.07, 6.45) is 1.59. The third-order valence-electron chi connectivity index (χ3n) is 5.15. The van der Waals surface area contributed by atoms with Crippen molar-refractivity contribution in [2.75, 3.05) is 5.75 Å². The summed E-state index contributed by atoms with van der Waals surface area (Å²) in [5.74, 6) is 0.833. The van der Waals surface area contributed by atoms with Gasteiger partial charge in [-0.3, -0.25) is 4.79 Å². The predicted octanol–water partition coefficient (Wildman–Crippen LogP) is 3.62. The van der Waals surface area contributed by atoms with E-state index in [4.69, 9.17) is 9.56 Å². The van der Waals surface area contributed by atoms with Crippen LogP contribution in [-0.2, 0) is 34.5 Å². The molecule has 0 atom stereocenters.